The molecule has 0 saturated carbocycles. The number of anilines is 1. The number of hydrogen-bond donors (Lipinski definition) is 1. The molecule has 1 N–H and O–H groups in total. The molecule has 5 nitrogen and oxygen atoms in total. The lowest BCUT2D eigenvalue weighted by molar-refractivity contribution is -0.119. The fourth-order valence-electron chi connectivity index (χ4n) is 3.13. The number of amides is 1. The molecule has 0 bridgehead atoms. The monoisotopic (exact) mass is 392 g/mol. The maximum Gasteiger partial charge on any atom is 0.243 e. The molecular weight excluding hydrogens is 372 g/mol. The van der Waals surface area contributed by atoms with Crippen molar-refractivity contribution in [2.24, 2.45) is 0 Å². The van der Waals surface area contributed by atoms with Crippen LogP contribution in [0.15, 0.2) is 47.4 Å². The molecule has 7 heteroatoms. The molecule has 1 amide bonds. The molecule has 2 aromatic carbocycles. The Morgan fingerprint density at radius 2 is 1.85 bits per heavy atom. The Balaban J connectivity index is 1.84. The van der Waals surface area contributed by atoms with Crippen LogP contribution in [0.25, 0.3) is 0 Å². The van der Waals surface area contributed by atoms with Crippen molar-refractivity contribution in [3.63, 3.8) is 0 Å². The van der Waals surface area contributed by atoms with Crippen molar-refractivity contribution in [3.05, 3.63) is 58.6 Å². The number of carbonyl (C=O) groups is 1. The van der Waals surface area contributed by atoms with E-state index >= 15 is 0 Å². The third-order valence-electron chi connectivity index (χ3n) is 4.79. The molecular formula is C19H21ClN2O3S. The van der Waals surface area contributed by atoms with Gasteiger partial charge in [0.1, 0.15) is 6.04 Å². The number of benzene rings is 2. The van der Waals surface area contributed by atoms with Crippen LogP contribution in [0, 0.1) is 13.8 Å². The zero-order valence-corrected chi connectivity index (χ0v) is 16.3. The van der Waals surface area contributed by atoms with Crippen molar-refractivity contribution < 1.29 is 13.2 Å². The molecule has 1 aliphatic rings. The van der Waals surface area contributed by atoms with Crippen molar-refractivity contribution in [1.82, 2.24) is 4.31 Å². The van der Waals surface area contributed by atoms with Gasteiger partial charge in [-0.1, -0.05) is 23.7 Å². The first kappa shape index (κ1) is 18.9. The van der Waals surface area contributed by atoms with Crippen LogP contribution in [0.4, 0.5) is 5.69 Å². The summed E-state index contributed by atoms with van der Waals surface area (Å²) in [5, 5.41) is 3.36. The highest BCUT2D eigenvalue weighted by molar-refractivity contribution is 7.89. The molecule has 1 unspecified atom stereocenters. The second kappa shape index (κ2) is 7.39. The Bertz CT molecular complexity index is 926. The third kappa shape index (κ3) is 3.63. The minimum absolute atomic E-state index is 0.147. The first-order valence-corrected chi connectivity index (χ1v) is 10.3. The normalized spacial score (nSPS) is 18.0. The van der Waals surface area contributed by atoms with Gasteiger partial charge in [-0.25, -0.2) is 8.42 Å². The zero-order chi connectivity index (χ0) is 18.9. The van der Waals surface area contributed by atoms with Crippen molar-refractivity contribution in [2.75, 3.05) is 11.9 Å². The smallest absolute Gasteiger partial charge is 0.243 e. The Morgan fingerprint density at radius 1 is 1.15 bits per heavy atom. The van der Waals surface area contributed by atoms with E-state index in [0.717, 1.165) is 11.1 Å². The summed E-state index contributed by atoms with van der Waals surface area (Å²) in [6.07, 6.45) is 1.15. The SMILES string of the molecule is Cc1cccc(NC(=O)C2CCCN2S(=O)(=O)c2ccc(Cl)cc2)c1C. The van der Waals surface area contributed by atoms with E-state index in [1.807, 2.05) is 32.0 Å². The molecule has 0 aromatic heterocycles. The van der Waals surface area contributed by atoms with Crippen molar-refractivity contribution in [2.45, 2.75) is 37.6 Å². The summed E-state index contributed by atoms with van der Waals surface area (Å²) in [4.78, 5) is 12.9. The number of carbonyl (C=O) groups excluding carboxylic acids is 1. The van der Waals surface area contributed by atoms with Crippen LogP contribution in [-0.4, -0.2) is 31.2 Å². The third-order valence-corrected chi connectivity index (χ3v) is 6.96. The van der Waals surface area contributed by atoms with Crippen LogP contribution in [-0.2, 0) is 14.8 Å². The lowest BCUT2D eigenvalue weighted by atomic mass is 10.1. The molecule has 0 spiro atoms. The molecule has 0 radical (unpaired) electrons. The maximum absolute atomic E-state index is 12.9. The van der Waals surface area contributed by atoms with Gasteiger partial charge < -0.3 is 5.32 Å². The lowest BCUT2D eigenvalue weighted by Gasteiger charge is -2.24. The van der Waals surface area contributed by atoms with Crippen molar-refractivity contribution in [1.29, 1.82) is 0 Å². The van der Waals surface area contributed by atoms with E-state index in [9.17, 15) is 13.2 Å². The molecule has 1 atom stereocenters. The van der Waals surface area contributed by atoms with Crippen LogP contribution in [0.1, 0.15) is 24.0 Å². The van der Waals surface area contributed by atoms with E-state index in [-0.39, 0.29) is 10.8 Å². The van der Waals surface area contributed by atoms with Crippen LogP contribution in [0.3, 0.4) is 0 Å². The average molecular weight is 393 g/mol. The van der Waals surface area contributed by atoms with Crippen molar-refractivity contribution >= 4 is 33.2 Å². The molecule has 1 heterocycles. The maximum atomic E-state index is 12.9. The molecule has 1 aliphatic heterocycles. The quantitative estimate of drug-likeness (QED) is 0.861. The number of hydrogen-bond acceptors (Lipinski definition) is 3. The number of halogens is 1. The number of aryl methyl sites for hydroxylation is 1. The van der Waals surface area contributed by atoms with Gasteiger partial charge in [0.15, 0.2) is 0 Å². The van der Waals surface area contributed by atoms with E-state index in [1.54, 1.807) is 0 Å². The number of rotatable bonds is 4. The van der Waals surface area contributed by atoms with Gasteiger partial charge in [0.2, 0.25) is 15.9 Å². The summed E-state index contributed by atoms with van der Waals surface area (Å²) >= 11 is 5.85. The highest BCUT2D eigenvalue weighted by atomic mass is 35.5. The largest absolute Gasteiger partial charge is 0.324 e. The minimum Gasteiger partial charge on any atom is -0.324 e. The number of nitrogens with zero attached hydrogens (tertiary/aromatic N) is 1. The molecule has 1 saturated heterocycles. The average Bonchev–Trinajstić information content (AvgIpc) is 3.10. The molecule has 0 aliphatic carbocycles. The second-order valence-electron chi connectivity index (χ2n) is 6.46. The van der Waals surface area contributed by atoms with Gasteiger partial charge in [0, 0.05) is 17.3 Å². The Hall–Kier alpha value is -1.89. The Kier molecular flexibility index (Phi) is 5.37. The highest BCUT2D eigenvalue weighted by Crippen LogP contribution is 2.28. The van der Waals surface area contributed by atoms with Crippen molar-refractivity contribution in [3.8, 4) is 0 Å². The van der Waals surface area contributed by atoms with Gasteiger partial charge in [-0.2, -0.15) is 4.31 Å². The zero-order valence-electron chi connectivity index (χ0n) is 14.7. The fourth-order valence-corrected chi connectivity index (χ4v) is 4.92. The van der Waals surface area contributed by atoms with Gasteiger partial charge >= 0.3 is 0 Å². The summed E-state index contributed by atoms with van der Waals surface area (Å²) in [5.41, 5.74) is 2.76. The highest BCUT2D eigenvalue weighted by Gasteiger charge is 2.39. The number of sulfonamides is 1. The van der Waals surface area contributed by atoms with Gasteiger partial charge in [0.05, 0.1) is 4.90 Å². The summed E-state index contributed by atoms with van der Waals surface area (Å²) in [5.74, 6) is -0.297. The van der Waals surface area contributed by atoms with E-state index in [1.165, 1.54) is 28.6 Å². The summed E-state index contributed by atoms with van der Waals surface area (Å²) < 4.78 is 27.2. The Labute approximate surface area is 159 Å². The standard InChI is InChI=1S/C19H21ClN2O3S/c1-13-5-3-6-17(14(13)2)21-19(23)18-7-4-12-22(18)26(24,25)16-10-8-15(20)9-11-16/h3,5-6,8-11,18H,4,7,12H2,1-2H3,(H,21,23). The number of nitrogens with one attached hydrogen (secondary N) is 1. The first-order valence-electron chi connectivity index (χ1n) is 8.45. The summed E-state index contributed by atoms with van der Waals surface area (Å²) in [6.45, 7) is 4.23. The Morgan fingerprint density at radius 3 is 2.54 bits per heavy atom. The predicted molar refractivity (Wildman–Crippen MR) is 103 cm³/mol. The van der Waals surface area contributed by atoms with Crippen LogP contribution < -0.4 is 5.32 Å². The topological polar surface area (TPSA) is 66.5 Å². The summed E-state index contributed by atoms with van der Waals surface area (Å²) in [7, 11) is -3.75. The lowest BCUT2D eigenvalue weighted by Crippen LogP contribution is -2.43. The van der Waals surface area contributed by atoms with Crippen LogP contribution in [0.2, 0.25) is 5.02 Å². The minimum atomic E-state index is -3.75. The van der Waals surface area contributed by atoms with E-state index in [2.05, 4.69) is 5.32 Å². The van der Waals surface area contributed by atoms with Gasteiger partial charge in [0.25, 0.3) is 0 Å². The summed E-state index contributed by atoms with van der Waals surface area (Å²) in [6, 6.07) is 11.0. The molecule has 3 rings (SSSR count). The first-order chi connectivity index (χ1) is 12.3. The van der Waals surface area contributed by atoms with Crippen LogP contribution in [0.5, 0.6) is 0 Å². The van der Waals surface area contributed by atoms with Gasteiger partial charge in [-0.15, -0.1) is 0 Å². The molecule has 26 heavy (non-hydrogen) atoms. The van der Waals surface area contributed by atoms with E-state index < -0.39 is 16.1 Å². The van der Waals surface area contributed by atoms with Gasteiger partial charge in [-0.05, 0) is 68.1 Å². The van der Waals surface area contributed by atoms with E-state index in [0.29, 0.717) is 30.1 Å². The predicted octanol–water partition coefficient (Wildman–Crippen LogP) is 3.75. The van der Waals surface area contributed by atoms with Crippen LogP contribution >= 0.6 is 11.6 Å². The molecule has 1 fully saturated rings. The van der Waals surface area contributed by atoms with Gasteiger partial charge in [-0.3, -0.25) is 4.79 Å². The second-order valence-corrected chi connectivity index (χ2v) is 8.79. The van der Waals surface area contributed by atoms with E-state index in [4.69, 9.17) is 11.6 Å². The molecule has 138 valence electrons. The molecule has 2 aromatic rings. The fraction of sp³-hybridized carbons (Fsp3) is 0.316.